The largest absolute Gasteiger partial charge is 0.487 e. The SMILES string of the molecule is CCn1cc(C(=O)OCc2ccccc2)c(=O)c2cc(F)c(F)c(OC[C@@H]3C[C@@](O)(CO)CN3)c21. The predicted molar refractivity (Wildman–Crippen MR) is 123 cm³/mol. The topological polar surface area (TPSA) is 110 Å². The average molecular weight is 488 g/mol. The van der Waals surface area contributed by atoms with Gasteiger partial charge in [-0.15, -0.1) is 0 Å². The van der Waals surface area contributed by atoms with Crippen molar-refractivity contribution in [2.24, 2.45) is 0 Å². The van der Waals surface area contributed by atoms with E-state index in [9.17, 15) is 28.6 Å². The highest BCUT2D eigenvalue weighted by Gasteiger charge is 2.37. The van der Waals surface area contributed by atoms with Crippen LogP contribution in [0.2, 0.25) is 0 Å². The molecular weight excluding hydrogens is 462 g/mol. The molecule has 0 aliphatic carbocycles. The number of nitrogens with one attached hydrogen (secondary N) is 1. The van der Waals surface area contributed by atoms with Crippen LogP contribution in [0, 0.1) is 11.6 Å². The van der Waals surface area contributed by atoms with Crippen molar-refractivity contribution in [3.8, 4) is 5.75 Å². The molecule has 2 heterocycles. The van der Waals surface area contributed by atoms with E-state index >= 15 is 0 Å². The number of nitrogens with zero attached hydrogens (tertiary/aromatic N) is 1. The number of fused-ring (bicyclic) bond motifs is 1. The number of hydrogen-bond donors (Lipinski definition) is 3. The van der Waals surface area contributed by atoms with E-state index in [4.69, 9.17) is 9.47 Å². The molecule has 0 amide bonds. The molecule has 8 nitrogen and oxygen atoms in total. The van der Waals surface area contributed by atoms with Gasteiger partial charge in [-0.25, -0.2) is 9.18 Å². The first-order chi connectivity index (χ1) is 16.8. The number of rotatable bonds is 8. The number of aliphatic hydroxyl groups is 2. The lowest BCUT2D eigenvalue weighted by atomic mass is 10.0. The summed E-state index contributed by atoms with van der Waals surface area (Å²) in [6, 6.07) is 9.23. The summed E-state index contributed by atoms with van der Waals surface area (Å²) in [6.07, 6.45) is 1.40. The Kier molecular flexibility index (Phi) is 7.15. The van der Waals surface area contributed by atoms with Gasteiger partial charge in [0, 0.05) is 25.3 Å². The monoisotopic (exact) mass is 488 g/mol. The van der Waals surface area contributed by atoms with Gasteiger partial charge in [-0.05, 0) is 25.0 Å². The molecule has 186 valence electrons. The summed E-state index contributed by atoms with van der Waals surface area (Å²) < 4.78 is 41.6. The standard InChI is InChI=1S/C25H26F2N2O6/c1-2-29-10-18(24(32)35-11-15-6-4-3-5-7-15)22(31)17-8-19(26)20(27)23(21(17)29)34-12-16-9-25(33,14-30)13-28-16/h3-8,10,16,28,30,33H,2,9,11-14H2,1H3/t16-,25-/m0/s1. The Morgan fingerprint density at radius 1 is 1.29 bits per heavy atom. The molecule has 1 saturated heterocycles. The minimum Gasteiger partial charge on any atom is -0.487 e. The number of hydrogen-bond acceptors (Lipinski definition) is 7. The third-order valence-corrected chi connectivity index (χ3v) is 6.05. The maximum atomic E-state index is 14.8. The van der Waals surface area contributed by atoms with E-state index in [1.54, 1.807) is 31.2 Å². The Labute approximate surface area is 199 Å². The van der Waals surface area contributed by atoms with Crippen LogP contribution in [0.5, 0.6) is 5.75 Å². The van der Waals surface area contributed by atoms with Gasteiger partial charge in [-0.1, -0.05) is 30.3 Å². The molecule has 0 unspecified atom stereocenters. The van der Waals surface area contributed by atoms with Gasteiger partial charge in [0.1, 0.15) is 24.4 Å². The van der Waals surface area contributed by atoms with Gasteiger partial charge in [0.15, 0.2) is 11.6 Å². The zero-order valence-corrected chi connectivity index (χ0v) is 19.1. The molecule has 0 bridgehead atoms. The third-order valence-electron chi connectivity index (χ3n) is 6.05. The first kappa shape index (κ1) is 24.8. The number of ether oxygens (including phenoxy) is 2. The molecule has 0 saturated carbocycles. The van der Waals surface area contributed by atoms with Crippen molar-refractivity contribution in [3.63, 3.8) is 0 Å². The zero-order chi connectivity index (χ0) is 25.2. The smallest absolute Gasteiger partial charge is 0.343 e. The molecular formula is C25H26F2N2O6. The van der Waals surface area contributed by atoms with E-state index in [0.29, 0.717) is 0 Å². The molecule has 0 radical (unpaired) electrons. The van der Waals surface area contributed by atoms with Crippen molar-refractivity contribution in [3.05, 3.63) is 75.6 Å². The first-order valence-electron chi connectivity index (χ1n) is 11.2. The second-order valence-corrected chi connectivity index (χ2v) is 8.59. The lowest BCUT2D eigenvalue weighted by Crippen LogP contribution is -2.35. The number of carbonyl (C=O) groups is 1. The minimum absolute atomic E-state index is 0.00595. The Balaban J connectivity index is 1.67. The quantitative estimate of drug-likeness (QED) is 0.417. The summed E-state index contributed by atoms with van der Waals surface area (Å²) in [5, 5.41) is 22.2. The van der Waals surface area contributed by atoms with Crippen LogP contribution < -0.4 is 15.5 Å². The highest BCUT2D eigenvalue weighted by atomic mass is 19.2. The van der Waals surface area contributed by atoms with Crippen LogP contribution >= 0.6 is 0 Å². The number of pyridine rings is 1. The van der Waals surface area contributed by atoms with Crippen LogP contribution in [0.4, 0.5) is 8.78 Å². The van der Waals surface area contributed by atoms with Crippen molar-refractivity contribution in [1.29, 1.82) is 0 Å². The van der Waals surface area contributed by atoms with Crippen LogP contribution in [0.3, 0.4) is 0 Å². The van der Waals surface area contributed by atoms with Gasteiger partial charge in [-0.2, -0.15) is 4.39 Å². The number of β-amino-alcohol motifs (C(OH)–C–C–N with tert-alkyl or cyclic N) is 1. The maximum absolute atomic E-state index is 14.8. The average Bonchev–Trinajstić information content (AvgIpc) is 3.25. The van der Waals surface area contributed by atoms with Crippen LogP contribution in [0.15, 0.2) is 47.4 Å². The van der Waals surface area contributed by atoms with Gasteiger partial charge in [-0.3, -0.25) is 4.79 Å². The highest BCUT2D eigenvalue weighted by molar-refractivity contribution is 5.95. The van der Waals surface area contributed by atoms with Crippen LogP contribution in [-0.2, 0) is 17.9 Å². The van der Waals surface area contributed by atoms with Crippen LogP contribution in [0.1, 0.15) is 29.3 Å². The number of halogens is 2. The Bertz CT molecular complexity index is 1300. The molecule has 10 heteroatoms. The van der Waals surface area contributed by atoms with Crippen LogP contribution in [0.25, 0.3) is 10.9 Å². The van der Waals surface area contributed by atoms with E-state index < -0.39 is 47.0 Å². The fraction of sp³-hybridized carbons (Fsp3) is 0.360. The Morgan fingerprint density at radius 2 is 2.03 bits per heavy atom. The van der Waals surface area contributed by atoms with E-state index in [1.165, 1.54) is 10.8 Å². The molecule has 1 fully saturated rings. The van der Waals surface area contributed by atoms with Crippen LogP contribution in [-0.4, -0.2) is 52.2 Å². The summed E-state index contributed by atoms with van der Waals surface area (Å²) >= 11 is 0. The lowest BCUT2D eigenvalue weighted by Gasteiger charge is -2.19. The van der Waals surface area contributed by atoms with E-state index in [0.717, 1.165) is 11.6 Å². The molecule has 0 spiro atoms. The van der Waals surface area contributed by atoms with Crippen molar-refractivity contribution >= 4 is 16.9 Å². The van der Waals surface area contributed by atoms with Gasteiger partial charge in [0.05, 0.1) is 17.5 Å². The molecule has 3 aromatic rings. The molecule has 4 rings (SSSR count). The van der Waals surface area contributed by atoms with Crippen molar-refractivity contribution in [1.82, 2.24) is 9.88 Å². The Hall–Kier alpha value is -3.34. The normalized spacial score (nSPS) is 19.7. The lowest BCUT2D eigenvalue weighted by molar-refractivity contribution is 0.000243. The van der Waals surface area contributed by atoms with Crippen molar-refractivity contribution in [2.75, 3.05) is 19.8 Å². The molecule has 35 heavy (non-hydrogen) atoms. The number of aromatic nitrogens is 1. The van der Waals surface area contributed by atoms with Crippen molar-refractivity contribution in [2.45, 2.75) is 38.1 Å². The fourth-order valence-corrected chi connectivity index (χ4v) is 4.16. The number of carbonyl (C=O) groups excluding carboxylic acids is 1. The third kappa shape index (κ3) is 5.04. The maximum Gasteiger partial charge on any atom is 0.343 e. The molecule has 2 atom stereocenters. The molecule has 1 aliphatic heterocycles. The highest BCUT2D eigenvalue weighted by Crippen LogP contribution is 2.31. The molecule has 3 N–H and O–H groups in total. The number of aryl methyl sites for hydroxylation is 1. The Morgan fingerprint density at radius 3 is 2.69 bits per heavy atom. The van der Waals surface area contributed by atoms with E-state index in [-0.39, 0.29) is 49.2 Å². The zero-order valence-electron chi connectivity index (χ0n) is 19.1. The van der Waals surface area contributed by atoms with Gasteiger partial charge in [0.25, 0.3) is 0 Å². The van der Waals surface area contributed by atoms with Crippen molar-refractivity contribution < 1.29 is 33.3 Å². The van der Waals surface area contributed by atoms with E-state index in [2.05, 4.69) is 5.32 Å². The van der Waals surface area contributed by atoms with Gasteiger partial charge < -0.3 is 29.6 Å². The summed E-state index contributed by atoms with van der Waals surface area (Å²) in [6.45, 7) is 1.42. The van der Waals surface area contributed by atoms with Gasteiger partial charge >= 0.3 is 5.97 Å². The van der Waals surface area contributed by atoms with Gasteiger partial charge in [0.2, 0.25) is 11.2 Å². The summed E-state index contributed by atoms with van der Waals surface area (Å²) in [5.41, 5.74) is -1.70. The number of benzene rings is 2. The number of esters is 1. The molecule has 1 aromatic heterocycles. The molecule has 1 aliphatic rings. The number of aliphatic hydroxyl groups excluding tert-OH is 1. The predicted octanol–water partition coefficient (Wildman–Crippen LogP) is 2.12. The molecule has 2 aromatic carbocycles. The first-order valence-corrected chi connectivity index (χ1v) is 11.2. The van der Waals surface area contributed by atoms with E-state index in [1.807, 2.05) is 6.07 Å². The fourth-order valence-electron chi connectivity index (χ4n) is 4.16. The second-order valence-electron chi connectivity index (χ2n) is 8.59. The second kappa shape index (κ2) is 10.1. The minimum atomic E-state index is -1.32. The summed E-state index contributed by atoms with van der Waals surface area (Å²) in [7, 11) is 0. The summed E-state index contributed by atoms with van der Waals surface area (Å²) in [4.78, 5) is 25.8. The summed E-state index contributed by atoms with van der Waals surface area (Å²) in [5.74, 6) is -3.92.